The van der Waals surface area contributed by atoms with E-state index in [9.17, 15) is 0 Å². The van der Waals surface area contributed by atoms with Gasteiger partial charge in [0.25, 0.3) is 0 Å². The van der Waals surface area contributed by atoms with Gasteiger partial charge in [-0.3, -0.25) is 0 Å². The fourth-order valence-electron chi connectivity index (χ4n) is 5.43. The molecule has 0 aromatic heterocycles. The van der Waals surface area contributed by atoms with Crippen molar-refractivity contribution in [3.63, 3.8) is 0 Å². The molecule has 0 atom stereocenters. The molecule has 0 heteroatoms. The second kappa shape index (κ2) is 11.0. The lowest BCUT2D eigenvalue weighted by molar-refractivity contribution is 0.348. The van der Waals surface area contributed by atoms with Gasteiger partial charge in [0, 0.05) is 0 Å². The predicted octanol–water partition coefficient (Wildman–Crippen LogP) is 9.43. The fourth-order valence-corrected chi connectivity index (χ4v) is 5.43. The number of hydrogen-bond acceptors (Lipinski definition) is 0. The molecule has 0 aliphatic heterocycles. The molecule has 0 unspecified atom stereocenters. The van der Waals surface area contributed by atoms with Gasteiger partial charge >= 0.3 is 0 Å². The van der Waals surface area contributed by atoms with Crippen LogP contribution in [0.1, 0.15) is 88.7 Å². The Morgan fingerprint density at radius 2 is 1.23 bits per heavy atom. The van der Waals surface area contributed by atoms with E-state index in [1.807, 2.05) is 0 Å². The highest BCUT2D eigenvalue weighted by Crippen LogP contribution is 2.36. The second-order valence-corrected chi connectivity index (χ2v) is 10.1. The molecular formula is C31H40. The monoisotopic (exact) mass is 412 g/mol. The molecule has 2 aliphatic carbocycles. The van der Waals surface area contributed by atoms with Crippen LogP contribution in [0.25, 0.3) is 17.2 Å². The van der Waals surface area contributed by atoms with Gasteiger partial charge in [-0.25, -0.2) is 0 Å². The first kappa shape index (κ1) is 22.1. The van der Waals surface area contributed by atoms with Crippen molar-refractivity contribution in [2.24, 2.45) is 17.8 Å². The van der Waals surface area contributed by atoms with Crippen LogP contribution in [0.15, 0.2) is 66.8 Å². The summed E-state index contributed by atoms with van der Waals surface area (Å²) in [4.78, 5) is 0. The topological polar surface area (TPSA) is 0 Å². The summed E-state index contributed by atoms with van der Waals surface area (Å²) >= 11 is 0. The molecule has 0 spiro atoms. The molecule has 31 heavy (non-hydrogen) atoms. The maximum atomic E-state index is 2.45. The number of benzene rings is 2. The Hall–Kier alpha value is -2.08. The van der Waals surface area contributed by atoms with Gasteiger partial charge in [0.1, 0.15) is 0 Å². The normalized spacial score (nSPS) is 27.2. The third-order valence-electron chi connectivity index (χ3n) is 7.66. The molecule has 0 heterocycles. The Morgan fingerprint density at radius 1 is 0.677 bits per heavy atom. The van der Waals surface area contributed by atoms with Gasteiger partial charge in [0.15, 0.2) is 0 Å². The van der Waals surface area contributed by atoms with E-state index in [1.54, 1.807) is 0 Å². The Morgan fingerprint density at radius 3 is 1.81 bits per heavy atom. The number of allylic oxidation sites excluding steroid dienone is 3. The molecule has 2 aromatic carbocycles. The van der Waals surface area contributed by atoms with Gasteiger partial charge in [-0.1, -0.05) is 99.5 Å². The molecule has 0 N–H and O–H groups in total. The molecule has 2 fully saturated rings. The zero-order valence-corrected chi connectivity index (χ0v) is 19.6. The smallest absolute Gasteiger partial charge is 0.0162 e. The Labute approximate surface area is 190 Å². The van der Waals surface area contributed by atoms with E-state index in [0.29, 0.717) is 0 Å². The van der Waals surface area contributed by atoms with Crippen molar-refractivity contribution in [2.75, 3.05) is 0 Å². The van der Waals surface area contributed by atoms with E-state index >= 15 is 0 Å². The van der Waals surface area contributed by atoms with E-state index in [-0.39, 0.29) is 0 Å². The van der Waals surface area contributed by atoms with Gasteiger partial charge in [-0.2, -0.15) is 0 Å². The highest BCUT2D eigenvalue weighted by Gasteiger charge is 2.19. The standard InChI is InChI=1S/C31H40/c1-3-4-5-25-8-10-26(11-9-25)12-13-27-14-18-29(19-15-27)31-22-20-30(21-23-31)28-16-6-24(2)7-17-28/h4-5,12-15,18-26,28H,3,6-11,16-17H2,1-2H3/b5-4+,13-12+. The molecule has 0 radical (unpaired) electrons. The number of hydrogen-bond donors (Lipinski definition) is 0. The van der Waals surface area contributed by atoms with Crippen LogP contribution in [-0.2, 0) is 0 Å². The summed E-state index contributed by atoms with van der Waals surface area (Å²) in [6.45, 7) is 4.62. The lowest BCUT2D eigenvalue weighted by Gasteiger charge is -2.26. The molecule has 0 saturated heterocycles. The molecule has 4 rings (SSSR count). The van der Waals surface area contributed by atoms with Crippen LogP contribution in [0.4, 0.5) is 0 Å². The number of rotatable bonds is 6. The SMILES string of the molecule is CC/C=C/C1CCC(/C=C/c2ccc(-c3ccc(C4CCC(C)CC4)cc3)cc2)CC1. The van der Waals surface area contributed by atoms with Crippen LogP contribution in [-0.4, -0.2) is 0 Å². The fraction of sp³-hybridized carbons (Fsp3) is 0.484. The third kappa shape index (κ3) is 6.22. The molecule has 164 valence electrons. The van der Waals surface area contributed by atoms with Crippen molar-refractivity contribution in [3.8, 4) is 11.1 Å². The molecular weight excluding hydrogens is 372 g/mol. The molecule has 2 saturated carbocycles. The van der Waals surface area contributed by atoms with Crippen molar-refractivity contribution in [1.82, 2.24) is 0 Å². The Balaban J connectivity index is 1.31. The Kier molecular flexibility index (Phi) is 7.84. The first-order valence-corrected chi connectivity index (χ1v) is 12.8. The molecule has 0 amide bonds. The van der Waals surface area contributed by atoms with Gasteiger partial charge in [0.2, 0.25) is 0 Å². The maximum absolute atomic E-state index is 2.45. The Bertz CT molecular complexity index is 836. The van der Waals surface area contributed by atoms with Crippen molar-refractivity contribution < 1.29 is 0 Å². The minimum Gasteiger partial charge on any atom is -0.0885 e. The van der Waals surface area contributed by atoms with Crippen molar-refractivity contribution >= 4 is 6.08 Å². The van der Waals surface area contributed by atoms with Crippen LogP contribution >= 0.6 is 0 Å². The van der Waals surface area contributed by atoms with Crippen LogP contribution in [0.5, 0.6) is 0 Å². The summed E-state index contributed by atoms with van der Waals surface area (Å²) in [5, 5.41) is 0. The van der Waals surface area contributed by atoms with Crippen molar-refractivity contribution in [1.29, 1.82) is 0 Å². The summed E-state index contributed by atoms with van der Waals surface area (Å²) < 4.78 is 0. The maximum Gasteiger partial charge on any atom is -0.0162 e. The van der Waals surface area contributed by atoms with Crippen molar-refractivity contribution in [3.05, 3.63) is 77.9 Å². The first-order chi connectivity index (χ1) is 15.2. The summed E-state index contributed by atoms with van der Waals surface area (Å²) in [7, 11) is 0. The zero-order chi connectivity index (χ0) is 21.5. The van der Waals surface area contributed by atoms with Gasteiger partial charge in [-0.05, 0) is 90.9 Å². The van der Waals surface area contributed by atoms with Crippen LogP contribution in [0.3, 0.4) is 0 Å². The zero-order valence-electron chi connectivity index (χ0n) is 19.6. The second-order valence-electron chi connectivity index (χ2n) is 10.1. The van der Waals surface area contributed by atoms with E-state index in [1.165, 1.54) is 80.0 Å². The lowest BCUT2D eigenvalue weighted by atomic mass is 9.79. The van der Waals surface area contributed by atoms with E-state index in [4.69, 9.17) is 0 Å². The van der Waals surface area contributed by atoms with Crippen LogP contribution < -0.4 is 0 Å². The average Bonchev–Trinajstić information content (AvgIpc) is 2.83. The summed E-state index contributed by atoms with van der Waals surface area (Å²) in [5.74, 6) is 3.26. The average molecular weight is 413 g/mol. The van der Waals surface area contributed by atoms with E-state index in [0.717, 1.165) is 23.7 Å². The minimum atomic E-state index is 0.751. The molecule has 2 aromatic rings. The largest absolute Gasteiger partial charge is 0.0885 e. The highest BCUT2D eigenvalue weighted by molar-refractivity contribution is 5.66. The summed E-state index contributed by atoms with van der Waals surface area (Å²) in [6.07, 6.45) is 21.6. The predicted molar refractivity (Wildman–Crippen MR) is 136 cm³/mol. The minimum absolute atomic E-state index is 0.751. The quantitative estimate of drug-likeness (QED) is 0.414. The van der Waals surface area contributed by atoms with Gasteiger partial charge in [0.05, 0.1) is 0 Å². The summed E-state index contributed by atoms with van der Waals surface area (Å²) in [5.41, 5.74) is 5.52. The van der Waals surface area contributed by atoms with Crippen molar-refractivity contribution in [2.45, 2.75) is 77.6 Å². The van der Waals surface area contributed by atoms with E-state index < -0.39 is 0 Å². The highest BCUT2D eigenvalue weighted by atomic mass is 14.2. The molecule has 2 aliphatic rings. The third-order valence-corrected chi connectivity index (χ3v) is 7.66. The van der Waals surface area contributed by atoms with Crippen LogP contribution in [0, 0.1) is 17.8 Å². The molecule has 0 nitrogen and oxygen atoms in total. The van der Waals surface area contributed by atoms with Gasteiger partial charge < -0.3 is 0 Å². The lowest BCUT2D eigenvalue weighted by Crippen LogP contribution is -2.11. The van der Waals surface area contributed by atoms with Crippen LogP contribution in [0.2, 0.25) is 0 Å². The summed E-state index contributed by atoms with van der Waals surface area (Å²) in [6, 6.07) is 18.5. The first-order valence-electron chi connectivity index (χ1n) is 12.8. The van der Waals surface area contributed by atoms with Gasteiger partial charge in [-0.15, -0.1) is 0 Å². The molecule has 0 bridgehead atoms. The van der Waals surface area contributed by atoms with E-state index in [2.05, 4.69) is 86.7 Å².